The van der Waals surface area contributed by atoms with Crippen molar-refractivity contribution in [3.05, 3.63) is 40.4 Å². The molecule has 1 aromatic carbocycles. The zero-order valence-electron chi connectivity index (χ0n) is 15.5. The van der Waals surface area contributed by atoms with Gasteiger partial charge in [-0.1, -0.05) is 46.9 Å². The van der Waals surface area contributed by atoms with E-state index in [-0.39, 0.29) is 17.6 Å². The first kappa shape index (κ1) is 20.4. The second-order valence-corrected chi connectivity index (χ2v) is 8.84. The van der Waals surface area contributed by atoms with Crippen LogP contribution in [0.4, 0.5) is 5.13 Å². The van der Waals surface area contributed by atoms with Crippen molar-refractivity contribution in [2.45, 2.75) is 25.1 Å². The molecule has 1 amide bonds. The summed E-state index contributed by atoms with van der Waals surface area (Å²) in [7, 11) is 0. The standard InChI is InChI=1S/C18H18N4O3S3/c1-4-25-14(23)9-27-18-22-21-17(28-18)20-15(24)13-8-26-16(19-13)12-6-5-10(2)7-11(12)3/h5-8H,4,9H2,1-3H3,(H,20,21,24). The highest BCUT2D eigenvalue weighted by Gasteiger charge is 2.16. The van der Waals surface area contributed by atoms with Crippen LogP contribution in [0.15, 0.2) is 27.9 Å². The number of nitrogens with one attached hydrogen (secondary N) is 1. The molecule has 0 fully saturated rings. The Hall–Kier alpha value is -2.30. The normalized spacial score (nSPS) is 10.7. The van der Waals surface area contributed by atoms with E-state index in [2.05, 4.69) is 26.6 Å². The average Bonchev–Trinajstić information content (AvgIpc) is 3.30. The van der Waals surface area contributed by atoms with Crippen LogP contribution >= 0.6 is 34.4 Å². The van der Waals surface area contributed by atoms with Crippen molar-refractivity contribution in [2.75, 3.05) is 17.7 Å². The van der Waals surface area contributed by atoms with Crippen LogP contribution in [-0.2, 0) is 9.53 Å². The lowest BCUT2D eigenvalue weighted by Gasteiger charge is -2.03. The number of carbonyl (C=O) groups is 2. The third kappa shape index (κ3) is 5.15. The van der Waals surface area contributed by atoms with Crippen molar-refractivity contribution in [2.24, 2.45) is 0 Å². The number of nitrogens with zero attached hydrogens (tertiary/aromatic N) is 3. The molecule has 0 spiro atoms. The fourth-order valence-electron chi connectivity index (χ4n) is 2.36. The second-order valence-electron chi connectivity index (χ2n) is 5.78. The first-order chi connectivity index (χ1) is 13.5. The molecule has 0 bridgehead atoms. The number of aryl methyl sites for hydroxylation is 2. The van der Waals surface area contributed by atoms with Gasteiger partial charge in [-0.25, -0.2) is 4.98 Å². The van der Waals surface area contributed by atoms with E-state index in [1.807, 2.05) is 26.0 Å². The zero-order valence-corrected chi connectivity index (χ0v) is 18.0. The molecule has 0 aliphatic rings. The Morgan fingerprint density at radius 2 is 2.07 bits per heavy atom. The summed E-state index contributed by atoms with van der Waals surface area (Å²) >= 11 is 3.84. The molecule has 10 heteroatoms. The van der Waals surface area contributed by atoms with Gasteiger partial charge in [0.1, 0.15) is 10.7 Å². The van der Waals surface area contributed by atoms with Gasteiger partial charge in [0.15, 0.2) is 4.34 Å². The van der Waals surface area contributed by atoms with Gasteiger partial charge in [-0.3, -0.25) is 14.9 Å². The van der Waals surface area contributed by atoms with E-state index < -0.39 is 0 Å². The fraction of sp³-hybridized carbons (Fsp3) is 0.278. The van der Waals surface area contributed by atoms with Crippen molar-refractivity contribution in [3.8, 4) is 10.6 Å². The smallest absolute Gasteiger partial charge is 0.316 e. The SMILES string of the molecule is CCOC(=O)CSc1nnc(NC(=O)c2csc(-c3ccc(C)cc3C)n2)s1. The predicted molar refractivity (Wildman–Crippen MR) is 112 cm³/mol. The number of thiazole rings is 1. The van der Waals surface area contributed by atoms with Crippen LogP contribution in [0.2, 0.25) is 0 Å². The topological polar surface area (TPSA) is 94.1 Å². The number of thioether (sulfide) groups is 1. The largest absolute Gasteiger partial charge is 0.465 e. The Morgan fingerprint density at radius 3 is 2.82 bits per heavy atom. The van der Waals surface area contributed by atoms with Crippen molar-refractivity contribution < 1.29 is 14.3 Å². The molecule has 0 saturated heterocycles. The van der Waals surface area contributed by atoms with Gasteiger partial charge in [0, 0.05) is 10.9 Å². The molecule has 0 unspecified atom stereocenters. The third-order valence-corrected chi connectivity index (χ3v) is 6.42. The maximum atomic E-state index is 12.4. The number of hydrogen-bond acceptors (Lipinski definition) is 9. The molecular formula is C18H18N4O3S3. The molecule has 2 heterocycles. The van der Waals surface area contributed by atoms with Gasteiger partial charge >= 0.3 is 5.97 Å². The Bertz CT molecular complexity index is 1000. The maximum absolute atomic E-state index is 12.4. The lowest BCUT2D eigenvalue weighted by atomic mass is 10.1. The Morgan fingerprint density at radius 1 is 1.25 bits per heavy atom. The van der Waals surface area contributed by atoms with Gasteiger partial charge in [0.05, 0.1) is 12.4 Å². The molecule has 0 atom stereocenters. The summed E-state index contributed by atoms with van der Waals surface area (Å²) in [5.74, 6) is -0.498. The molecule has 3 rings (SSSR count). The quantitative estimate of drug-likeness (QED) is 0.338. The molecule has 0 aliphatic carbocycles. The monoisotopic (exact) mass is 434 g/mol. The first-order valence-electron chi connectivity index (χ1n) is 8.42. The van der Waals surface area contributed by atoms with E-state index >= 15 is 0 Å². The lowest BCUT2D eigenvalue weighted by molar-refractivity contribution is -0.139. The van der Waals surface area contributed by atoms with Gasteiger partial charge in [-0.05, 0) is 26.3 Å². The molecule has 7 nitrogen and oxygen atoms in total. The van der Waals surface area contributed by atoms with E-state index in [9.17, 15) is 9.59 Å². The predicted octanol–water partition coefficient (Wildman–Crippen LogP) is 4.19. The molecule has 28 heavy (non-hydrogen) atoms. The first-order valence-corrected chi connectivity index (χ1v) is 11.1. The van der Waals surface area contributed by atoms with Crippen LogP contribution < -0.4 is 5.32 Å². The van der Waals surface area contributed by atoms with Crippen LogP contribution in [-0.4, -0.2) is 39.4 Å². The second kappa shape index (κ2) is 9.26. The Kier molecular flexibility index (Phi) is 6.76. The minimum Gasteiger partial charge on any atom is -0.465 e. The van der Waals surface area contributed by atoms with Crippen LogP contribution in [0.1, 0.15) is 28.5 Å². The number of anilines is 1. The minimum atomic E-state index is -0.342. The van der Waals surface area contributed by atoms with E-state index in [0.717, 1.165) is 16.1 Å². The number of benzene rings is 1. The minimum absolute atomic E-state index is 0.155. The average molecular weight is 435 g/mol. The lowest BCUT2D eigenvalue weighted by Crippen LogP contribution is -2.12. The summed E-state index contributed by atoms with van der Waals surface area (Å²) < 4.78 is 5.45. The number of amides is 1. The highest BCUT2D eigenvalue weighted by molar-refractivity contribution is 8.01. The van der Waals surface area contributed by atoms with E-state index in [1.54, 1.807) is 12.3 Å². The van der Waals surface area contributed by atoms with E-state index in [1.165, 1.54) is 40.0 Å². The number of esters is 1. The van der Waals surface area contributed by atoms with Gasteiger partial charge in [0.2, 0.25) is 5.13 Å². The highest BCUT2D eigenvalue weighted by atomic mass is 32.2. The number of ether oxygens (including phenoxy) is 1. The molecule has 1 N–H and O–H groups in total. The summed E-state index contributed by atoms with van der Waals surface area (Å²) in [5.41, 5.74) is 3.65. The molecule has 0 saturated carbocycles. The number of aromatic nitrogens is 3. The van der Waals surface area contributed by atoms with Crippen molar-refractivity contribution >= 4 is 51.4 Å². The summed E-state index contributed by atoms with van der Waals surface area (Å²) in [4.78, 5) is 28.3. The molecule has 0 aliphatic heterocycles. The van der Waals surface area contributed by atoms with Crippen molar-refractivity contribution in [1.29, 1.82) is 0 Å². The summed E-state index contributed by atoms with van der Waals surface area (Å²) in [6.45, 7) is 6.17. The van der Waals surface area contributed by atoms with Crippen LogP contribution in [0.25, 0.3) is 10.6 Å². The molecule has 146 valence electrons. The van der Waals surface area contributed by atoms with Crippen molar-refractivity contribution in [3.63, 3.8) is 0 Å². The number of hydrogen-bond donors (Lipinski definition) is 1. The summed E-state index contributed by atoms with van der Waals surface area (Å²) in [6.07, 6.45) is 0. The van der Waals surface area contributed by atoms with Crippen LogP contribution in [0.3, 0.4) is 0 Å². The number of rotatable bonds is 7. The van der Waals surface area contributed by atoms with E-state index in [0.29, 0.717) is 21.8 Å². The van der Waals surface area contributed by atoms with Gasteiger partial charge in [-0.15, -0.1) is 21.5 Å². The number of carbonyl (C=O) groups excluding carboxylic acids is 2. The van der Waals surface area contributed by atoms with Gasteiger partial charge in [0.25, 0.3) is 5.91 Å². The van der Waals surface area contributed by atoms with E-state index in [4.69, 9.17) is 4.74 Å². The molecule has 2 aromatic heterocycles. The Balaban J connectivity index is 1.63. The summed E-state index contributed by atoms with van der Waals surface area (Å²) in [5, 5.41) is 13.5. The van der Waals surface area contributed by atoms with Crippen LogP contribution in [0, 0.1) is 13.8 Å². The maximum Gasteiger partial charge on any atom is 0.316 e. The highest BCUT2D eigenvalue weighted by Crippen LogP contribution is 2.29. The fourth-order valence-corrected chi connectivity index (χ4v) is 4.79. The van der Waals surface area contributed by atoms with Crippen LogP contribution in [0.5, 0.6) is 0 Å². The Labute approximate surface area is 174 Å². The molecule has 3 aromatic rings. The van der Waals surface area contributed by atoms with Gasteiger partial charge < -0.3 is 4.74 Å². The molecule has 0 radical (unpaired) electrons. The van der Waals surface area contributed by atoms with Crippen molar-refractivity contribution in [1.82, 2.24) is 15.2 Å². The molecular weight excluding hydrogens is 416 g/mol. The summed E-state index contributed by atoms with van der Waals surface area (Å²) in [6, 6.07) is 6.14. The third-order valence-electron chi connectivity index (χ3n) is 3.59. The zero-order chi connectivity index (χ0) is 20.1. The van der Waals surface area contributed by atoms with Gasteiger partial charge in [-0.2, -0.15) is 0 Å².